The van der Waals surface area contributed by atoms with E-state index in [0.717, 1.165) is 37.3 Å². The number of aromatic nitrogens is 1. The van der Waals surface area contributed by atoms with Crippen LogP contribution in [0.25, 0.3) is 0 Å². The lowest BCUT2D eigenvalue weighted by Crippen LogP contribution is -2.37. The number of aryl methyl sites for hydroxylation is 1. The molecule has 1 aliphatic rings. The second-order valence-electron chi connectivity index (χ2n) is 6.17. The number of rotatable bonds is 5. The van der Waals surface area contributed by atoms with Gasteiger partial charge in [0.15, 0.2) is 0 Å². The number of hydrogen-bond donors (Lipinski definition) is 1. The maximum Gasteiger partial charge on any atom is 0.131 e. The fraction of sp³-hybridized carbons (Fsp3) is 0.421. The normalized spacial score (nSPS) is 15.8. The zero-order valence-electron chi connectivity index (χ0n) is 13.7. The third-order valence-electron chi connectivity index (χ3n) is 4.41. The van der Waals surface area contributed by atoms with Crippen LogP contribution < -0.4 is 10.6 Å². The molecule has 4 heteroatoms. The molecule has 0 radical (unpaired) electrons. The van der Waals surface area contributed by atoms with Gasteiger partial charge in [0, 0.05) is 25.8 Å². The Balaban J connectivity index is 1.52. The molecule has 122 valence electrons. The van der Waals surface area contributed by atoms with Gasteiger partial charge in [0.1, 0.15) is 5.82 Å². The van der Waals surface area contributed by atoms with Gasteiger partial charge in [-0.05, 0) is 42.5 Å². The Morgan fingerprint density at radius 2 is 1.91 bits per heavy atom. The highest BCUT2D eigenvalue weighted by Gasteiger charge is 2.21. The SMILES string of the molecule is Cc1cc(CN)cnc1N1CCC(OCc2ccccc2)CC1. The fourth-order valence-electron chi connectivity index (χ4n) is 3.09. The third-order valence-corrected chi connectivity index (χ3v) is 4.41. The summed E-state index contributed by atoms with van der Waals surface area (Å²) in [5.41, 5.74) is 9.21. The summed E-state index contributed by atoms with van der Waals surface area (Å²) in [5, 5.41) is 0. The Hall–Kier alpha value is -1.91. The predicted molar refractivity (Wildman–Crippen MR) is 93.3 cm³/mol. The van der Waals surface area contributed by atoms with E-state index in [0.29, 0.717) is 19.3 Å². The minimum atomic E-state index is 0.343. The lowest BCUT2D eigenvalue weighted by Gasteiger charge is -2.33. The van der Waals surface area contributed by atoms with Crippen LogP contribution >= 0.6 is 0 Å². The van der Waals surface area contributed by atoms with Gasteiger partial charge in [0.2, 0.25) is 0 Å². The monoisotopic (exact) mass is 311 g/mol. The molecule has 4 nitrogen and oxygen atoms in total. The first-order chi connectivity index (χ1) is 11.3. The first-order valence-electron chi connectivity index (χ1n) is 8.32. The molecule has 1 aromatic carbocycles. The molecular formula is C19H25N3O. The Bertz CT molecular complexity index is 622. The van der Waals surface area contributed by atoms with Gasteiger partial charge in [-0.25, -0.2) is 4.98 Å². The van der Waals surface area contributed by atoms with E-state index in [1.807, 2.05) is 12.3 Å². The topological polar surface area (TPSA) is 51.4 Å². The van der Waals surface area contributed by atoms with Crippen LogP contribution in [-0.4, -0.2) is 24.2 Å². The number of benzene rings is 1. The zero-order valence-corrected chi connectivity index (χ0v) is 13.7. The Labute approximate surface area is 138 Å². The molecule has 2 N–H and O–H groups in total. The molecular weight excluding hydrogens is 286 g/mol. The average molecular weight is 311 g/mol. The van der Waals surface area contributed by atoms with Gasteiger partial charge in [0.05, 0.1) is 12.7 Å². The van der Waals surface area contributed by atoms with Gasteiger partial charge in [0.25, 0.3) is 0 Å². The van der Waals surface area contributed by atoms with Crippen molar-refractivity contribution in [3.8, 4) is 0 Å². The van der Waals surface area contributed by atoms with E-state index in [1.165, 1.54) is 11.1 Å². The summed E-state index contributed by atoms with van der Waals surface area (Å²) in [4.78, 5) is 6.96. The molecule has 0 spiro atoms. The molecule has 0 bridgehead atoms. The van der Waals surface area contributed by atoms with Crippen LogP contribution in [0.2, 0.25) is 0 Å². The van der Waals surface area contributed by atoms with E-state index in [4.69, 9.17) is 10.5 Å². The molecule has 1 aliphatic heterocycles. The molecule has 0 atom stereocenters. The molecule has 0 amide bonds. The number of pyridine rings is 1. The Morgan fingerprint density at radius 1 is 1.17 bits per heavy atom. The molecule has 23 heavy (non-hydrogen) atoms. The first-order valence-corrected chi connectivity index (χ1v) is 8.32. The highest BCUT2D eigenvalue weighted by Crippen LogP contribution is 2.23. The molecule has 0 unspecified atom stereocenters. The molecule has 2 aromatic rings. The van der Waals surface area contributed by atoms with Crippen LogP contribution in [-0.2, 0) is 17.9 Å². The molecule has 1 fully saturated rings. The Kier molecular flexibility index (Phi) is 5.26. The van der Waals surface area contributed by atoms with Gasteiger partial charge in [-0.2, -0.15) is 0 Å². The van der Waals surface area contributed by atoms with E-state index in [2.05, 4.69) is 47.1 Å². The smallest absolute Gasteiger partial charge is 0.131 e. The van der Waals surface area contributed by atoms with E-state index >= 15 is 0 Å². The summed E-state index contributed by atoms with van der Waals surface area (Å²) in [6.45, 7) is 5.35. The van der Waals surface area contributed by atoms with E-state index in [-0.39, 0.29) is 0 Å². The highest BCUT2D eigenvalue weighted by atomic mass is 16.5. The van der Waals surface area contributed by atoms with Crippen molar-refractivity contribution in [1.82, 2.24) is 4.98 Å². The lowest BCUT2D eigenvalue weighted by atomic mass is 10.1. The summed E-state index contributed by atoms with van der Waals surface area (Å²) in [6.07, 6.45) is 4.33. The zero-order chi connectivity index (χ0) is 16.1. The van der Waals surface area contributed by atoms with Crippen molar-refractivity contribution >= 4 is 5.82 Å². The summed E-state index contributed by atoms with van der Waals surface area (Å²) in [5.74, 6) is 1.09. The maximum atomic E-state index is 6.06. The first kappa shape index (κ1) is 16.0. The Morgan fingerprint density at radius 3 is 2.57 bits per heavy atom. The second-order valence-corrected chi connectivity index (χ2v) is 6.17. The van der Waals surface area contributed by atoms with E-state index in [1.54, 1.807) is 0 Å². The standard InChI is InChI=1S/C19H25N3O/c1-15-11-17(12-20)13-21-19(15)22-9-7-18(8-10-22)23-14-16-5-3-2-4-6-16/h2-6,11,13,18H,7-10,12,14,20H2,1H3. The summed E-state index contributed by atoms with van der Waals surface area (Å²) in [7, 11) is 0. The molecule has 3 rings (SSSR count). The molecule has 2 heterocycles. The number of piperidine rings is 1. The number of ether oxygens (including phenoxy) is 1. The quantitative estimate of drug-likeness (QED) is 0.922. The van der Waals surface area contributed by atoms with Crippen molar-refractivity contribution in [2.24, 2.45) is 5.73 Å². The van der Waals surface area contributed by atoms with E-state index < -0.39 is 0 Å². The van der Waals surface area contributed by atoms with Crippen LogP contribution in [0.15, 0.2) is 42.6 Å². The van der Waals surface area contributed by atoms with Gasteiger partial charge in [-0.1, -0.05) is 30.3 Å². The maximum absolute atomic E-state index is 6.06. The van der Waals surface area contributed by atoms with Gasteiger partial charge >= 0.3 is 0 Å². The van der Waals surface area contributed by atoms with Crippen molar-refractivity contribution < 1.29 is 4.74 Å². The molecule has 0 saturated carbocycles. The molecule has 1 saturated heterocycles. The minimum Gasteiger partial charge on any atom is -0.373 e. The second kappa shape index (κ2) is 7.57. The molecule has 0 aliphatic carbocycles. The number of anilines is 1. The summed E-state index contributed by atoms with van der Waals surface area (Å²) in [6, 6.07) is 12.5. The van der Waals surface area contributed by atoms with E-state index in [9.17, 15) is 0 Å². The van der Waals surface area contributed by atoms with Crippen molar-refractivity contribution in [1.29, 1.82) is 0 Å². The predicted octanol–water partition coefficient (Wildman–Crippen LogP) is 3.03. The van der Waals surface area contributed by atoms with Crippen LogP contribution in [0.5, 0.6) is 0 Å². The van der Waals surface area contributed by atoms with Crippen LogP contribution in [0.1, 0.15) is 29.5 Å². The number of nitrogens with zero attached hydrogens (tertiary/aromatic N) is 2. The van der Waals surface area contributed by atoms with Crippen molar-refractivity contribution in [2.45, 2.75) is 39.0 Å². The number of nitrogens with two attached hydrogens (primary N) is 1. The van der Waals surface area contributed by atoms with Crippen molar-refractivity contribution in [3.05, 3.63) is 59.3 Å². The van der Waals surface area contributed by atoms with Crippen LogP contribution in [0.3, 0.4) is 0 Å². The van der Waals surface area contributed by atoms with Gasteiger partial charge in [-0.3, -0.25) is 0 Å². The lowest BCUT2D eigenvalue weighted by molar-refractivity contribution is 0.0250. The van der Waals surface area contributed by atoms with Gasteiger partial charge < -0.3 is 15.4 Å². The largest absolute Gasteiger partial charge is 0.373 e. The highest BCUT2D eigenvalue weighted by molar-refractivity contribution is 5.47. The van der Waals surface area contributed by atoms with Gasteiger partial charge in [-0.15, -0.1) is 0 Å². The summed E-state index contributed by atoms with van der Waals surface area (Å²) < 4.78 is 6.06. The van der Waals surface area contributed by atoms with Crippen LogP contribution in [0, 0.1) is 6.92 Å². The third kappa shape index (κ3) is 4.09. The van der Waals surface area contributed by atoms with Crippen LogP contribution in [0.4, 0.5) is 5.82 Å². The van der Waals surface area contributed by atoms with Crippen molar-refractivity contribution in [3.63, 3.8) is 0 Å². The number of hydrogen-bond acceptors (Lipinski definition) is 4. The average Bonchev–Trinajstić information content (AvgIpc) is 2.61. The minimum absolute atomic E-state index is 0.343. The molecule has 1 aromatic heterocycles. The van der Waals surface area contributed by atoms with Crippen molar-refractivity contribution in [2.75, 3.05) is 18.0 Å². The fourth-order valence-corrected chi connectivity index (χ4v) is 3.09. The summed E-state index contributed by atoms with van der Waals surface area (Å²) >= 11 is 0.